The van der Waals surface area contributed by atoms with Crippen LogP contribution in [-0.2, 0) is 10.3 Å². The lowest BCUT2D eigenvalue weighted by Crippen LogP contribution is -2.35. The molecule has 2 rings (SSSR count). The SMILES string of the molecule is COC(C)C(C)(O)c1ccc2nc(C)ccc2c1. The molecule has 0 fully saturated rings. The summed E-state index contributed by atoms with van der Waals surface area (Å²) in [7, 11) is 1.60. The molecular formula is C15H19NO2. The molecule has 0 aliphatic rings. The fourth-order valence-corrected chi connectivity index (χ4v) is 2.01. The summed E-state index contributed by atoms with van der Waals surface area (Å²) in [5, 5.41) is 11.6. The third-order valence-corrected chi connectivity index (χ3v) is 3.56. The topological polar surface area (TPSA) is 42.4 Å². The number of ether oxygens (including phenoxy) is 1. The van der Waals surface area contributed by atoms with Crippen LogP contribution in [0.4, 0.5) is 0 Å². The van der Waals surface area contributed by atoms with Gasteiger partial charge in [-0.3, -0.25) is 4.98 Å². The first-order valence-corrected chi connectivity index (χ1v) is 6.08. The van der Waals surface area contributed by atoms with E-state index in [9.17, 15) is 5.11 Å². The molecule has 3 heteroatoms. The number of nitrogens with zero attached hydrogens (tertiary/aromatic N) is 1. The second kappa shape index (κ2) is 4.67. The number of aliphatic hydroxyl groups is 1. The van der Waals surface area contributed by atoms with Gasteiger partial charge >= 0.3 is 0 Å². The van der Waals surface area contributed by atoms with Crippen LogP contribution in [0.3, 0.4) is 0 Å². The van der Waals surface area contributed by atoms with Crippen LogP contribution in [0.5, 0.6) is 0 Å². The lowest BCUT2D eigenvalue weighted by Gasteiger charge is -2.29. The Hall–Kier alpha value is -1.45. The normalized spacial score (nSPS) is 16.5. The van der Waals surface area contributed by atoms with Crippen molar-refractivity contribution in [3.63, 3.8) is 0 Å². The molecule has 0 aliphatic heterocycles. The van der Waals surface area contributed by atoms with Crippen molar-refractivity contribution >= 4 is 10.9 Å². The van der Waals surface area contributed by atoms with Crippen molar-refractivity contribution in [1.29, 1.82) is 0 Å². The first kappa shape index (κ1) is 13.0. The summed E-state index contributed by atoms with van der Waals surface area (Å²) in [5.74, 6) is 0. The van der Waals surface area contributed by atoms with Crippen LogP contribution in [0.1, 0.15) is 25.1 Å². The number of fused-ring (bicyclic) bond motifs is 1. The third-order valence-electron chi connectivity index (χ3n) is 3.56. The Kier molecular flexibility index (Phi) is 3.37. The standard InChI is InChI=1S/C15H19NO2/c1-10-5-6-12-9-13(7-8-14(12)16-10)15(3,17)11(2)18-4/h5-9,11,17H,1-4H3. The Morgan fingerprint density at radius 1 is 1.28 bits per heavy atom. The minimum Gasteiger partial charge on any atom is -0.383 e. The van der Waals surface area contributed by atoms with E-state index in [0.717, 1.165) is 22.2 Å². The average molecular weight is 245 g/mol. The van der Waals surface area contributed by atoms with Gasteiger partial charge < -0.3 is 9.84 Å². The van der Waals surface area contributed by atoms with E-state index < -0.39 is 5.60 Å². The van der Waals surface area contributed by atoms with Crippen molar-refractivity contribution in [2.24, 2.45) is 0 Å². The van der Waals surface area contributed by atoms with Crippen molar-refractivity contribution in [2.45, 2.75) is 32.5 Å². The Labute approximate surface area is 107 Å². The predicted molar refractivity (Wildman–Crippen MR) is 72.5 cm³/mol. The summed E-state index contributed by atoms with van der Waals surface area (Å²) < 4.78 is 5.23. The molecule has 1 heterocycles. The van der Waals surface area contributed by atoms with E-state index in [1.54, 1.807) is 14.0 Å². The Balaban J connectivity index is 2.50. The second-order valence-electron chi connectivity index (χ2n) is 4.89. The van der Waals surface area contributed by atoms with Crippen LogP contribution >= 0.6 is 0 Å². The lowest BCUT2D eigenvalue weighted by atomic mass is 9.90. The average Bonchev–Trinajstić information content (AvgIpc) is 2.36. The first-order chi connectivity index (χ1) is 8.45. The van der Waals surface area contributed by atoms with Crippen molar-refractivity contribution in [2.75, 3.05) is 7.11 Å². The van der Waals surface area contributed by atoms with E-state index in [4.69, 9.17) is 4.74 Å². The Bertz CT molecular complexity index is 563. The Morgan fingerprint density at radius 2 is 2.00 bits per heavy atom. The number of aryl methyl sites for hydroxylation is 1. The van der Waals surface area contributed by atoms with Crippen molar-refractivity contribution < 1.29 is 9.84 Å². The van der Waals surface area contributed by atoms with Gasteiger partial charge in [-0.05, 0) is 44.5 Å². The third kappa shape index (κ3) is 2.24. The highest BCUT2D eigenvalue weighted by Gasteiger charge is 2.30. The molecule has 1 aromatic heterocycles. The van der Waals surface area contributed by atoms with E-state index in [1.165, 1.54) is 0 Å². The van der Waals surface area contributed by atoms with E-state index >= 15 is 0 Å². The number of pyridine rings is 1. The van der Waals surface area contributed by atoms with E-state index in [0.29, 0.717) is 0 Å². The number of hydrogen-bond donors (Lipinski definition) is 1. The first-order valence-electron chi connectivity index (χ1n) is 6.08. The molecule has 1 N–H and O–H groups in total. The van der Waals surface area contributed by atoms with Crippen LogP contribution in [0.15, 0.2) is 30.3 Å². The molecule has 0 aliphatic carbocycles. The molecule has 2 aromatic rings. The number of aromatic nitrogens is 1. The molecule has 96 valence electrons. The second-order valence-corrected chi connectivity index (χ2v) is 4.89. The highest BCUT2D eigenvalue weighted by Crippen LogP contribution is 2.28. The number of hydrogen-bond acceptors (Lipinski definition) is 3. The monoisotopic (exact) mass is 245 g/mol. The van der Waals surface area contributed by atoms with Crippen LogP contribution < -0.4 is 0 Å². The molecule has 0 saturated carbocycles. The van der Waals surface area contributed by atoms with Crippen molar-refractivity contribution in [3.05, 3.63) is 41.6 Å². The zero-order valence-electron chi connectivity index (χ0n) is 11.3. The Morgan fingerprint density at radius 3 is 2.67 bits per heavy atom. The van der Waals surface area contributed by atoms with Crippen LogP contribution in [-0.4, -0.2) is 23.3 Å². The zero-order chi connectivity index (χ0) is 13.3. The van der Waals surface area contributed by atoms with E-state index in [2.05, 4.69) is 4.98 Å². The maximum Gasteiger partial charge on any atom is 0.113 e. The molecule has 2 atom stereocenters. The lowest BCUT2D eigenvalue weighted by molar-refractivity contribution is -0.0771. The van der Waals surface area contributed by atoms with Crippen molar-refractivity contribution in [3.8, 4) is 0 Å². The highest BCUT2D eigenvalue weighted by molar-refractivity contribution is 5.79. The van der Waals surface area contributed by atoms with Gasteiger partial charge in [0, 0.05) is 18.2 Å². The van der Waals surface area contributed by atoms with E-state index in [-0.39, 0.29) is 6.10 Å². The molecule has 0 saturated heterocycles. The van der Waals surface area contributed by atoms with Gasteiger partial charge in [-0.2, -0.15) is 0 Å². The number of methoxy groups -OCH3 is 1. The quantitative estimate of drug-likeness (QED) is 0.904. The summed E-state index contributed by atoms with van der Waals surface area (Å²) in [5.41, 5.74) is 1.77. The maximum absolute atomic E-state index is 10.5. The van der Waals surface area contributed by atoms with Gasteiger partial charge in [0.15, 0.2) is 0 Å². The van der Waals surface area contributed by atoms with E-state index in [1.807, 2.05) is 44.2 Å². The van der Waals surface area contributed by atoms with Crippen LogP contribution in [0, 0.1) is 6.92 Å². The number of benzene rings is 1. The molecule has 0 spiro atoms. The molecule has 18 heavy (non-hydrogen) atoms. The van der Waals surface area contributed by atoms with Crippen molar-refractivity contribution in [1.82, 2.24) is 4.98 Å². The van der Waals surface area contributed by atoms with Gasteiger partial charge in [0.2, 0.25) is 0 Å². The molecule has 1 aromatic carbocycles. The predicted octanol–water partition coefficient (Wildman–Crippen LogP) is 2.79. The maximum atomic E-state index is 10.5. The molecule has 0 amide bonds. The van der Waals surface area contributed by atoms with Gasteiger partial charge in [0.05, 0.1) is 11.6 Å². The van der Waals surface area contributed by atoms with Crippen LogP contribution in [0.2, 0.25) is 0 Å². The summed E-state index contributed by atoms with van der Waals surface area (Å²) in [4.78, 5) is 4.45. The molecule has 3 nitrogen and oxygen atoms in total. The number of rotatable bonds is 3. The minimum absolute atomic E-state index is 0.270. The largest absolute Gasteiger partial charge is 0.383 e. The summed E-state index contributed by atoms with van der Waals surface area (Å²) in [6.45, 7) is 5.60. The van der Waals surface area contributed by atoms with Gasteiger partial charge in [0.25, 0.3) is 0 Å². The van der Waals surface area contributed by atoms with Gasteiger partial charge in [0.1, 0.15) is 5.60 Å². The molecule has 2 unspecified atom stereocenters. The van der Waals surface area contributed by atoms with Gasteiger partial charge in [-0.25, -0.2) is 0 Å². The molecule has 0 radical (unpaired) electrons. The molecule has 0 bridgehead atoms. The summed E-state index contributed by atoms with van der Waals surface area (Å²) in [6, 6.07) is 9.81. The minimum atomic E-state index is -1.01. The zero-order valence-corrected chi connectivity index (χ0v) is 11.3. The smallest absolute Gasteiger partial charge is 0.113 e. The molecular weight excluding hydrogens is 226 g/mol. The van der Waals surface area contributed by atoms with Gasteiger partial charge in [-0.15, -0.1) is 0 Å². The summed E-state index contributed by atoms with van der Waals surface area (Å²) in [6.07, 6.45) is -0.270. The fourth-order valence-electron chi connectivity index (χ4n) is 2.01. The van der Waals surface area contributed by atoms with Gasteiger partial charge in [-0.1, -0.05) is 12.1 Å². The fraction of sp³-hybridized carbons (Fsp3) is 0.400. The highest BCUT2D eigenvalue weighted by atomic mass is 16.5. The van der Waals surface area contributed by atoms with Crippen LogP contribution in [0.25, 0.3) is 10.9 Å². The summed E-state index contributed by atoms with van der Waals surface area (Å²) >= 11 is 0.